The van der Waals surface area contributed by atoms with Gasteiger partial charge in [-0.05, 0) is 52.5 Å². The number of hydrogen-bond donors (Lipinski definition) is 4. The van der Waals surface area contributed by atoms with Gasteiger partial charge in [-0.25, -0.2) is 0 Å². The van der Waals surface area contributed by atoms with E-state index < -0.39 is 31.3 Å². The summed E-state index contributed by atoms with van der Waals surface area (Å²) < 4.78 is 6.56. The Morgan fingerprint density at radius 2 is 1.27 bits per heavy atom. The summed E-state index contributed by atoms with van der Waals surface area (Å²) in [6, 6.07) is 13.7. The summed E-state index contributed by atoms with van der Waals surface area (Å²) in [6.07, 6.45) is 0.985. The SMILES string of the molecule is CCC(C)(C)c1cc(CN)cc(C(C)(C)CC)c1C(Oc1ccccc1)C(CO)(CO)CO. The Bertz CT molecular complexity index is 843. The van der Waals surface area contributed by atoms with Gasteiger partial charge >= 0.3 is 0 Å². The molecular weight excluding hydrogens is 414 g/mol. The van der Waals surface area contributed by atoms with Gasteiger partial charge < -0.3 is 25.8 Å². The Labute approximate surface area is 199 Å². The van der Waals surface area contributed by atoms with Crippen molar-refractivity contribution < 1.29 is 20.1 Å². The Morgan fingerprint density at radius 1 is 0.818 bits per heavy atom. The molecule has 0 aliphatic heterocycles. The largest absolute Gasteiger partial charge is 0.485 e. The monoisotopic (exact) mass is 457 g/mol. The van der Waals surface area contributed by atoms with Crippen molar-refractivity contribution >= 4 is 0 Å². The molecule has 0 amide bonds. The fourth-order valence-corrected chi connectivity index (χ4v) is 4.14. The van der Waals surface area contributed by atoms with Crippen molar-refractivity contribution in [3.05, 3.63) is 64.7 Å². The van der Waals surface area contributed by atoms with Crippen LogP contribution in [0.15, 0.2) is 42.5 Å². The summed E-state index contributed by atoms with van der Waals surface area (Å²) in [6.45, 7) is 12.2. The van der Waals surface area contributed by atoms with E-state index in [0.29, 0.717) is 12.3 Å². The van der Waals surface area contributed by atoms with E-state index >= 15 is 0 Å². The third-order valence-electron chi connectivity index (χ3n) is 7.46. The minimum Gasteiger partial charge on any atom is -0.485 e. The first-order valence-corrected chi connectivity index (χ1v) is 12.0. The van der Waals surface area contributed by atoms with Gasteiger partial charge in [-0.2, -0.15) is 0 Å². The summed E-state index contributed by atoms with van der Waals surface area (Å²) in [5.41, 5.74) is 8.51. The van der Waals surface area contributed by atoms with E-state index in [1.807, 2.05) is 30.3 Å². The van der Waals surface area contributed by atoms with Crippen LogP contribution in [0.3, 0.4) is 0 Å². The molecule has 1 unspecified atom stereocenters. The highest BCUT2D eigenvalue weighted by Gasteiger charge is 2.45. The molecule has 0 aliphatic rings. The summed E-state index contributed by atoms with van der Waals surface area (Å²) in [7, 11) is 0. The second-order valence-electron chi connectivity index (χ2n) is 10.4. The Kier molecular flexibility index (Phi) is 9.11. The third-order valence-corrected chi connectivity index (χ3v) is 7.46. The quantitative estimate of drug-likeness (QED) is 0.373. The molecule has 5 heteroatoms. The molecule has 0 saturated heterocycles. The predicted octanol–water partition coefficient (Wildman–Crippen LogP) is 4.60. The molecule has 2 rings (SSSR count). The number of benzene rings is 2. The van der Waals surface area contributed by atoms with Gasteiger partial charge in [-0.15, -0.1) is 0 Å². The van der Waals surface area contributed by atoms with Crippen LogP contribution in [0.4, 0.5) is 0 Å². The van der Waals surface area contributed by atoms with Crippen LogP contribution in [0.25, 0.3) is 0 Å². The first-order chi connectivity index (χ1) is 15.6. The lowest BCUT2D eigenvalue weighted by molar-refractivity contribution is -0.0753. The zero-order chi connectivity index (χ0) is 24.9. The summed E-state index contributed by atoms with van der Waals surface area (Å²) in [4.78, 5) is 0. The van der Waals surface area contributed by atoms with E-state index in [4.69, 9.17) is 10.5 Å². The maximum Gasteiger partial charge on any atom is 0.137 e. The van der Waals surface area contributed by atoms with Gasteiger partial charge in [0.1, 0.15) is 11.9 Å². The predicted molar refractivity (Wildman–Crippen MR) is 134 cm³/mol. The molecule has 0 bridgehead atoms. The van der Waals surface area contributed by atoms with Gasteiger partial charge in [0, 0.05) is 12.1 Å². The number of para-hydroxylation sites is 1. The molecule has 33 heavy (non-hydrogen) atoms. The molecule has 0 saturated carbocycles. The number of aliphatic hydroxyl groups is 3. The van der Waals surface area contributed by atoms with Crippen LogP contribution in [-0.4, -0.2) is 35.1 Å². The zero-order valence-electron chi connectivity index (χ0n) is 21.2. The highest BCUT2D eigenvalue weighted by molar-refractivity contribution is 5.49. The molecule has 0 fully saturated rings. The first kappa shape index (κ1) is 27.3. The molecule has 184 valence electrons. The van der Waals surface area contributed by atoms with E-state index in [9.17, 15) is 15.3 Å². The van der Waals surface area contributed by atoms with Gasteiger partial charge in [0.2, 0.25) is 0 Å². The molecule has 5 N–H and O–H groups in total. The van der Waals surface area contributed by atoms with Crippen molar-refractivity contribution in [2.75, 3.05) is 19.8 Å². The Hall–Kier alpha value is -1.92. The van der Waals surface area contributed by atoms with Crippen LogP contribution in [0.1, 0.15) is 82.7 Å². The molecule has 0 spiro atoms. The molecule has 0 radical (unpaired) electrons. The zero-order valence-corrected chi connectivity index (χ0v) is 21.2. The number of hydrogen-bond acceptors (Lipinski definition) is 5. The van der Waals surface area contributed by atoms with Gasteiger partial charge in [0.25, 0.3) is 0 Å². The van der Waals surface area contributed by atoms with Crippen molar-refractivity contribution in [3.8, 4) is 5.75 Å². The van der Waals surface area contributed by atoms with Crippen molar-refractivity contribution in [1.82, 2.24) is 0 Å². The van der Waals surface area contributed by atoms with Crippen molar-refractivity contribution in [1.29, 1.82) is 0 Å². The van der Waals surface area contributed by atoms with Crippen LogP contribution in [0.2, 0.25) is 0 Å². The normalized spacial score (nSPS) is 13.8. The number of aliphatic hydroxyl groups excluding tert-OH is 3. The van der Waals surface area contributed by atoms with E-state index in [1.54, 1.807) is 0 Å². The highest BCUT2D eigenvalue weighted by Crippen LogP contribution is 2.47. The Balaban J connectivity index is 3.01. The molecular formula is C28H43NO4. The minimum absolute atomic E-state index is 0.219. The van der Waals surface area contributed by atoms with Gasteiger partial charge in [0.05, 0.1) is 25.2 Å². The van der Waals surface area contributed by atoms with Crippen LogP contribution >= 0.6 is 0 Å². The third kappa shape index (κ3) is 5.60. The second kappa shape index (κ2) is 11.0. The Morgan fingerprint density at radius 3 is 1.64 bits per heavy atom. The van der Waals surface area contributed by atoms with E-state index in [-0.39, 0.29) is 10.8 Å². The van der Waals surface area contributed by atoms with E-state index in [1.165, 1.54) is 0 Å². The molecule has 0 aliphatic carbocycles. The number of ether oxygens (including phenoxy) is 1. The van der Waals surface area contributed by atoms with Gasteiger partial charge in [-0.3, -0.25) is 0 Å². The molecule has 5 nitrogen and oxygen atoms in total. The highest BCUT2D eigenvalue weighted by atomic mass is 16.5. The minimum atomic E-state index is -1.28. The van der Waals surface area contributed by atoms with Gasteiger partial charge in [0.15, 0.2) is 0 Å². The van der Waals surface area contributed by atoms with Crippen LogP contribution in [0, 0.1) is 5.41 Å². The molecule has 1 atom stereocenters. The fourth-order valence-electron chi connectivity index (χ4n) is 4.14. The molecule has 2 aromatic carbocycles. The number of rotatable bonds is 12. The van der Waals surface area contributed by atoms with E-state index in [2.05, 4.69) is 53.7 Å². The molecule has 0 heterocycles. The first-order valence-electron chi connectivity index (χ1n) is 12.0. The lowest BCUT2D eigenvalue weighted by Crippen LogP contribution is -2.44. The summed E-state index contributed by atoms with van der Waals surface area (Å²) in [5, 5.41) is 31.4. The maximum atomic E-state index is 10.5. The smallest absolute Gasteiger partial charge is 0.137 e. The van der Waals surface area contributed by atoms with Crippen molar-refractivity contribution in [2.24, 2.45) is 11.1 Å². The second-order valence-corrected chi connectivity index (χ2v) is 10.4. The summed E-state index contributed by atoms with van der Waals surface area (Å²) in [5.74, 6) is 0.616. The van der Waals surface area contributed by atoms with Gasteiger partial charge in [-0.1, -0.05) is 71.9 Å². The van der Waals surface area contributed by atoms with E-state index in [0.717, 1.165) is 35.1 Å². The van der Waals surface area contributed by atoms with Crippen LogP contribution in [-0.2, 0) is 17.4 Å². The standard InChI is InChI=1S/C28H43NO4/c1-7-26(3,4)22-14-20(16-29)15-23(27(5,6)8-2)24(22)25(28(17-30,18-31)19-32)33-21-12-10-9-11-13-21/h9-15,25,30-32H,7-8,16-19,29H2,1-6H3. The lowest BCUT2D eigenvalue weighted by Gasteiger charge is -2.43. The van der Waals surface area contributed by atoms with Crippen LogP contribution in [0.5, 0.6) is 5.75 Å². The lowest BCUT2D eigenvalue weighted by atomic mass is 9.67. The average Bonchev–Trinajstić information content (AvgIpc) is 2.84. The average molecular weight is 458 g/mol. The van der Waals surface area contributed by atoms with Crippen molar-refractivity contribution in [2.45, 2.75) is 77.9 Å². The maximum absolute atomic E-state index is 10.5. The summed E-state index contributed by atoms with van der Waals surface area (Å²) >= 11 is 0. The van der Waals surface area contributed by atoms with Crippen LogP contribution < -0.4 is 10.5 Å². The molecule has 2 aromatic rings. The number of nitrogens with two attached hydrogens (primary N) is 1. The topological polar surface area (TPSA) is 95.9 Å². The molecule has 0 aromatic heterocycles. The van der Waals surface area contributed by atoms with Crippen molar-refractivity contribution in [3.63, 3.8) is 0 Å². The fraction of sp³-hybridized carbons (Fsp3) is 0.571.